The first kappa shape index (κ1) is 30.6. The van der Waals surface area contributed by atoms with Crippen molar-refractivity contribution in [3.8, 4) is 0 Å². The minimum Gasteiger partial charge on any atom is -0.399 e. The lowest BCUT2D eigenvalue weighted by atomic mass is 9.68. The van der Waals surface area contributed by atoms with E-state index in [0.717, 1.165) is 85.3 Å². The van der Waals surface area contributed by atoms with E-state index in [-0.39, 0.29) is 6.04 Å². The SMILES string of the molecule is C=C(N)/C(C)=C/C1=C(C)C(CCNCC)(C(=NC)N(OCO)C2CCCCC2)c2ccc(C(N)=O)cc2CC1. The molecule has 1 aromatic carbocycles. The summed E-state index contributed by atoms with van der Waals surface area (Å²) >= 11 is 0. The minimum atomic E-state index is -0.687. The van der Waals surface area contributed by atoms with Gasteiger partial charge in [0, 0.05) is 18.3 Å². The van der Waals surface area contributed by atoms with E-state index in [1.54, 1.807) is 7.05 Å². The minimum absolute atomic E-state index is 0.106. The van der Waals surface area contributed by atoms with Crippen LogP contribution in [0.25, 0.3) is 0 Å². The van der Waals surface area contributed by atoms with Crippen LogP contribution in [0.1, 0.15) is 87.2 Å². The molecule has 0 heterocycles. The van der Waals surface area contributed by atoms with Gasteiger partial charge in [-0.1, -0.05) is 50.5 Å². The number of aliphatic imine (C=N–C) groups is 1. The van der Waals surface area contributed by atoms with E-state index in [0.29, 0.717) is 17.7 Å². The molecule has 1 aromatic rings. The van der Waals surface area contributed by atoms with Gasteiger partial charge in [-0.2, -0.15) is 0 Å². The number of fused-ring (bicyclic) bond motifs is 1. The summed E-state index contributed by atoms with van der Waals surface area (Å²) in [6.07, 6.45) is 9.68. The number of carbonyl (C=O) groups is 1. The zero-order valence-corrected chi connectivity index (χ0v) is 24.2. The fourth-order valence-electron chi connectivity index (χ4n) is 6.21. The zero-order chi connectivity index (χ0) is 28.6. The summed E-state index contributed by atoms with van der Waals surface area (Å²) < 4.78 is 0. The summed E-state index contributed by atoms with van der Waals surface area (Å²) in [7, 11) is 1.80. The summed E-state index contributed by atoms with van der Waals surface area (Å²) in [5.41, 5.74) is 17.5. The highest BCUT2D eigenvalue weighted by molar-refractivity contribution is 5.98. The second kappa shape index (κ2) is 13.9. The molecule has 8 nitrogen and oxygen atoms in total. The van der Waals surface area contributed by atoms with E-state index >= 15 is 0 Å². The van der Waals surface area contributed by atoms with Crippen molar-refractivity contribution in [1.82, 2.24) is 10.4 Å². The first-order chi connectivity index (χ1) is 18.7. The smallest absolute Gasteiger partial charge is 0.248 e. The van der Waals surface area contributed by atoms with Gasteiger partial charge in [0.25, 0.3) is 0 Å². The average molecular weight is 538 g/mol. The van der Waals surface area contributed by atoms with Crippen LogP contribution < -0.4 is 16.8 Å². The standard InChI is InChI=1S/C31H47N5O3/c1-6-35-17-16-31(30(34-5)36(39-20-37)27-10-8-7-9-11-27)22(3)24(18-21(2)23(4)32)12-13-25-19-26(29(33)38)14-15-28(25)31/h14-15,18-19,27,35,37H,4,6-13,16-17,20,32H2,1-3,5H3,(H2,33,38)/b21-18+,34-30?. The van der Waals surface area contributed by atoms with Crippen molar-refractivity contribution in [1.29, 1.82) is 0 Å². The number of primary amides is 1. The maximum Gasteiger partial charge on any atom is 0.248 e. The van der Waals surface area contributed by atoms with Crippen LogP contribution >= 0.6 is 0 Å². The molecule has 0 spiro atoms. The van der Waals surface area contributed by atoms with E-state index in [4.69, 9.17) is 21.3 Å². The van der Waals surface area contributed by atoms with Gasteiger partial charge in [-0.25, -0.2) is 9.90 Å². The molecule has 1 amide bonds. The summed E-state index contributed by atoms with van der Waals surface area (Å²) in [6.45, 7) is 11.3. The lowest BCUT2D eigenvalue weighted by molar-refractivity contribution is -0.191. The lowest BCUT2D eigenvalue weighted by Crippen LogP contribution is -2.53. The molecule has 2 aliphatic carbocycles. The Hall–Kier alpha value is -2.94. The number of aliphatic hydroxyl groups excluding tert-OH is 1. The van der Waals surface area contributed by atoms with Crippen molar-refractivity contribution in [3.05, 3.63) is 70.0 Å². The van der Waals surface area contributed by atoms with Crippen molar-refractivity contribution < 1.29 is 14.7 Å². The van der Waals surface area contributed by atoms with Crippen LogP contribution in [0.5, 0.6) is 0 Å². The molecule has 6 N–H and O–H groups in total. The molecule has 0 saturated heterocycles. The Kier molecular flexibility index (Phi) is 10.9. The number of allylic oxidation sites excluding steroid dienone is 3. The Labute approximate surface area is 233 Å². The highest BCUT2D eigenvalue weighted by Crippen LogP contribution is 2.46. The van der Waals surface area contributed by atoms with E-state index in [2.05, 4.69) is 31.8 Å². The van der Waals surface area contributed by atoms with Gasteiger partial charge in [-0.05, 0) is 93.4 Å². The maximum atomic E-state index is 12.2. The molecular formula is C31H47N5O3. The van der Waals surface area contributed by atoms with Gasteiger partial charge in [0.15, 0.2) is 6.79 Å². The monoisotopic (exact) mass is 537 g/mol. The fraction of sp³-hybridized carbons (Fsp3) is 0.548. The quantitative estimate of drug-likeness (QED) is 0.0835. The Morgan fingerprint density at radius 3 is 2.59 bits per heavy atom. The van der Waals surface area contributed by atoms with Gasteiger partial charge in [-0.15, -0.1) is 0 Å². The summed E-state index contributed by atoms with van der Waals surface area (Å²) in [6, 6.07) is 5.89. The predicted molar refractivity (Wildman–Crippen MR) is 158 cm³/mol. The summed E-state index contributed by atoms with van der Waals surface area (Å²) in [5, 5.41) is 15.4. The molecular weight excluding hydrogens is 490 g/mol. The van der Waals surface area contributed by atoms with Crippen LogP contribution in [0, 0.1) is 0 Å². The Balaban J connectivity index is 2.38. The summed E-state index contributed by atoms with van der Waals surface area (Å²) in [4.78, 5) is 23.1. The van der Waals surface area contributed by atoms with Crippen molar-refractivity contribution in [2.75, 3.05) is 26.9 Å². The number of amides is 1. The Bertz CT molecular complexity index is 1130. The van der Waals surface area contributed by atoms with E-state index < -0.39 is 18.1 Å². The number of carbonyl (C=O) groups excluding carboxylic acids is 1. The average Bonchev–Trinajstić information content (AvgIpc) is 3.04. The van der Waals surface area contributed by atoms with Crippen LogP contribution in [0.3, 0.4) is 0 Å². The third kappa shape index (κ3) is 6.62. The maximum absolute atomic E-state index is 12.2. The van der Waals surface area contributed by atoms with Gasteiger partial charge in [0.2, 0.25) is 5.91 Å². The molecule has 8 heteroatoms. The van der Waals surface area contributed by atoms with Crippen molar-refractivity contribution in [2.45, 2.75) is 83.6 Å². The number of aliphatic hydroxyl groups is 1. The molecule has 0 aromatic heterocycles. The van der Waals surface area contributed by atoms with Gasteiger partial charge in [0.05, 0.1) is 11.5 Å². The first-order valence-corrected chi connectivity index (χ1v) is 14.2. The van der Waals surface area contributed by atoms with Crippen LogP contribution in [0.4, 0.5) is 0 Å². The predicted octanol–water partition coefficient (Wildman–Crippen LogP) is 4.25. The summed E-state index contributed by atoms with van der Waals surface area (Å²) in [5.74, 6) is 0.321. The molecule has 39 heavy (non-hydrogen) atoms. The number of amidine groups is 1. The van der Waals surface area contributed by atoms with Gasteiger partial charge in [0.1, 0.15) is 5.84 Å². The molecule has 1 saturated carbocycles. The molecule has 1 atom stereocenters. The second-order valence-electron chi connectivity index (χ2n) is 10.7. The Morgan fingerprint density at radius 2 is 2.00 bits per heavy atom. The molecule has 0 radical (unpaired) electrons. The van der Waals surface area contributed by atoms with E-state index in [1.165, 1.54) is 6.42 Å². The number of rotatable bonds is 11. The molecule has 1 fully saturated rings. The third-order valence-electron chi connectivity index (χ3n) is 8.36. The zero-order valence-electron chi connectivity index (χ0n) is 24.2. The topological polar surface area (TPSA) is 126 Å². The molecule has 0 bridgehead atoms. The van der Waals surface area contributed by atoms with Crippen molar-refractivity contribution in [3.63, 3.8) is 0 Å². The number of nitrogens with zero attached hydrogens (tertiary/aromatic N) is 2. The lowest BCUT2D eigenvalue weighted by Gasteiger charge is -2.45. The largest absolute Gasteiger partial charge is 0.399 e. The number of hydrogen-bond acceptors (Lipinski definition) is 6. The third-order valence-corrected chi connectivity index (χ3v) is 8.36. The van der Waals surface area contributed by atoms with E-state index in [1.807, 2.05) is 30.2 Å². The van der Waals surface area contributed by atoms with Crippen molar-refractivity contribution >= 4 is 11.7 Å². The van der Waals surface area contributed by atoms with Crippen LogP contribution in [0.15, 0.2) is 58.3 Å². The molecule has 1 unspecified atom stereocenters. The van der Waals surface area contributed by atoms with Crippen LogP contribution in [0.2, 0.25) is 0 Å². The second-order valence-corrected chi connectivity index (χ2v) is 10.7. The number of aryl methyl sites for hydroxylation is 1. The fourth-order valence-corrected chi connectivity index (χ4v) is 6.21. The highest BCUT2D eigenvalue weighted by Gasteiger charge is 2.47. The number of benzene rings is 1. The van der Waals surface area contributed by atoms with Gasteiger partial charge < -0.3 is 21.9 Å². The number of nitrogens with two attached hydrogens (primary N) is 2. The molecule has 214 valence electrons. The number of hydrogen-bond donors (Lipinski definition) is 4. The highest BCUT2D eigenvalue weighted by atomic mass is 16.7. The van der Waals surface area contributed by atoms with Gasteiger partial charge >= 0.3 is 0 Å². The Morgan fingerprint density at radius 1 is 1.28 bits per heavy atom. The van der Waals surface area contributed by atoms with Gasteiger partial charge in [-0.3, -0.25) is 9.79 Å². The van der Waals surface area contributed by atoms with Crippen LogP contribution in [-0.2, 0) is 16.7 Å². The normalized spacial score (nSPS) is 20.9. The van der Waals surface area contributed by atoms with Crippen molar-refractivity contribution in [2.24, 2.45) is 16.5 Å². The van der Waals surface area contributed by atoms with E-state index in [9.17, 15) is 9.90 Å². The van der Waals surface area contributed by atoms with Crippen LogP contribution in [-0.4, -0.2) is 54.9 Å². The number of hydroxylamine groups is 2. The first-order valence-electron chi connectivity index (χ1n) is 14.2. The molecule has 0 aliphatic heterocycles. The molecule has 2 aliphatic rings. The number of nitrogens with one attached hydrogen (secondary N) is 1. The molecule has 3 rings (SSSR count).